The van der Waals surface area contributed by atoms with Crippen molar-refractivity contribution < 1.29 is 19.1 Å². The highest BCUT2D eigenvalue weighted by Crippen LogP contribution is 2.54. The van der Waals surface area contributed by atoms with Crippen LogP contribution in [0.1, 0.15) is 75.5 Å². The summed E-state index contributed by atoms with van der Waals surface area (Å²) >= 11 is 0. The molecule has 1 saturated heterocycles. The average molecular weight is 740 g/mol. The lowest BCUT2D eigenvalue weighted by Gasteiger charge is -2.31. The largest absolute Gasteiger partial charge is 0.453 e. The standard InChI is InChI=1S/C44H49N7O4/c1-26(2)41(50-44(54)55-3)43(53)51-16-4-5-38(51)36-18-34(23-47-36)30-10-6-28(7-11-30)29-8-12-31(13-9-29)35-19-37(48-24-35)39-32-14-15-33(17-32)40(39)42(52)49-22-27-20-45-25-46-21-27/h6-13,20-21,23-26,32-33,38-41H,4-5,14-19,22H2,1-3H3,(H,49,52)(H,50,54)/t32?,33?,38-,39?,40+,41-/m0/s1. The summed E-state index contributed by atoms with van der Waals surface area (Å²) in [7, 11) is 1.31. The molecule has 3 amide bonds. The van der Waals surface area contributed by atoms with Crippen molar-refractivity contribution >= 4 is 40.5 Å². The number of carbonyl (C=O) groups is 3. The van der Waals surface area contributed by atoms with Gasteiger partial charge in [0, 0.05) is 79.5 Å². The average Bonchev–Trinajstić information content (AvgIpc) is 4.07. The Balaban J connectivity index is 0.863. The number of hydrogen-bond acceptors (Lipinski definition) is 8. The van der Waals surface area contributed by atoms with Gasteiger partial charge >= 0.3 is 6.09 Å². The molecule has 3 aromatic rings. The third-order valence-corrected chi connectivity index (χ3v) is 12.4. The van der Waals surface area contributed by atoms with E-state index >= 15 is 0 Å². The number of nitrogens with one attached hydrogen (secondary N) is 2. The summed E-state index contributed by atoms with van der Waals surface area (Å²) in [5.74, 6) is 1.09. The van der Waals surface area contributed by atoms with E-state index in [4.69, 9.17) is 14.7 Å². The molecule has 55 heavy (non-hydrogen) atoms. The van der Waals surface area contributed by atoms with Crippen molar-refractivity contribution in [3.05, 3.63) is 96.3 Å². The molecule has 2 aromatic carbocycles. The number of carbonyl (C=O) groups excluding carboxylic acids is 3. The zero-order chi connectivity index (χ0) is 38.1. The van der Waals surface area contributed by atoms with Crippen LogP contribution in [-0.2, 0) is 20.9 Å². The van der Waals surface area contributed by atoms with E-state index < -0.39 is 12.1 Å². The fourth-order valence-electron chi connectivity index (χ4n) is 9.54. The molecule has 11 heteroatoms. The highest BCUT2D eigenvalue weighted by molar-refractivity contribution is 6.04. The van der Waals surface area contributed by atoms with Gasteiger partial charge in [0.05, 0.1) is 13.2 Å². The molecule has 3 fully saturated rings. The number of aromatic nitrogens is 2. The molecule has 0 spiro atoms. The van der Waals surface area contributed by atoms with Crippen LogP contribution >= 0.6 is 0 Å². The second-order valence-electron chi connectivity index (χ2n) is 16.0. The first-order valence-electron chi connectivity index (χ1n) is 19.7. The quantitative estimate of drug-likeness (QED) is 0.220. The molecular weight excluding hydrogens is 691 g/mol. The minimum absolute atomic E-state index is 0.0284. The predicted octanol–water partition coefficient (Wildman–Crippen LogP) is 6.87. The number of hydrogen-bond donors (Lipinski definition) is 2. The van der Waals surface area contributed by atoms with Crippen molar-refractivity contribution in [2.75, 3.05) is 13.7 Å². The first-order valence-corrected chi connectivity index (χ1v) is 19.7. The fraction of sp³-hybridized carbons (Fsp3) is 0.432. The number of likely N-dealkylation sites (tertiary alicyclic amines) is 1. The number of nitrogens with zero attached hydrogens (tertiary/aromatic N) is 5. The molecule has 0 radical (unpaired) electrons. The zero-order valence-corrected chi connectivity index (χ0v) is 31.8. The molecule has 2 bridgehead atoms. The highest BCUT2D eigenvalue weighted by atomic mass is 16.5. The van der Waals surface area contributed by atoms with Crippen LogP contribution in [0.25, 0.3) is 22.3 Å². The lowest BCUT2D eigenvalue weighted by molar-refractivity contribution is -0.134. The van der Waals surface area contributed by atoms with Crippen LogP contribution in [0, 0.1) is 29.6 Å². The van der Waals surface area contributed by atoms with Crippen molar-refractivity contribution in [3.8, 4) is 11.1 Å². The van der Waals surface area contributed by atoms with Crippen LogP contribution in [0.3, 0.4) is 0 Å². The molecule has 2 aliphatic carbocycles. The van der Waals surface area contributed by atoms with Crippen LogP contribution in [-0.4, -0.2) is 69.9 Å². The molecule has 6 atom stereocenters. The molecular formula is C44H49N7O4. The number of rotatable bonds is 11. The number of aliphatic imine (C=N–C) groups is 2. The minimum Gasteiger partial charge on any atom is -0.453 e. The van der Waals surface area contributed by atoms with Crippen LogP contribution in [0.4, 0.5) is 4.79 Å². The Hall–Kier alpha value is -5.45. The van der Waals surface area contributed by atoms with Gasteiger partial charge in [-0.15, -0.1) is 0 Å². The Kier molecular flexibility index (Phi) is 10.4. The molecule has 1 aromatic heterocycles. The lowest BCUT2D eigenvalue weighted by Crippen LogP contribution is -2.53. The molecule has 3 unspecified atom stereocenters. The molecule has 2 saturated carbocycles. The van der Waals surface area contributed by atoms with E-state index in [9.17, 15) is 14.4 Å². The van der Waals surface area contributed by atoms with Gasteiger partial charge in [-0.05, 0) is 83.3 Å². The van der Waals surface area contributed by atoms with E-state index in [1.165, 1.54) is 25.4 Å². The SMILES string of the molecule is COC(=O)N[C@H](C(=O)N1CCC[C@H]1C1=NC=C(c2ccc(-c3ccc(C4=CN=C(C5C6CCC(C6)[C@H]5C(=O)NCc5cncnc5)C4)cc3)cc2)C1)C(C)C. The maximum absolute atomic E-state index is 13.6. The summed E-state index contributed by atoms with van der Waals surface area (Å²) in [5, 5.41) is 5.89. The van der Waals surface area contributed by atoms with E-state index in [1.807, 2.05) is 31.1 Å². The maximum Gasteiger partial charge on any atom is 0.407 e. The second kappa shape index (κ2) is 15.7. The fourth-order valence-corrected chi connectivity index (χ4v) is 9.54. The monoisotopic (exact) mass is 739 g/mol. The molecule has 8 rings (SSSR count). The van der Waals surface area contributed by atoms with E-state index in [0.29, 0.717) is 31.3 Å². The van der Waals surface area contributed by atoms with Crippen molar-refractivity contribution in [2.24, 2.45) is 39.6 Å². The molecule has 11 nitrogen and oxygen atoms in total. The number of methoxy groups -OCH3 is 1. The topological polar surface area (TPSA) is 138 Å². The first-order chi connectivity index (χ1) is 26.8. The van der Waals surface area contributed by atoms with Gasteiger partial charge in [-0.25, -0.2) is 14.8 Å². The zero-order valence-electron chi connectivity index (χ0n) is 31.8. The number of fused-ring (bicyclic) bond motifs is 2. The predicted molar refractivity (Wildman–Crippen MR) is 213 cm³/mol. The molecule has 4 heterocycles. The number of allylic oxidation sites excluding steroid dienone is 2. The summed E-state index contributed by atoms with van der Waals surface area (Å²) in [5.41, 5.74) is 9.94. The summed E-state index contributed by atoms with van der Waals surface area (Å²) in [6.45, 7) is 4.95. The van der Waals surface area contributed by atoms with Crippen molar-refractivity contribution in [1.82, 2.24) is 25.5 Å². The Labute approximate surface area is 322 Å². The van der Waals surface area contributed by atoms with Gasteiger partial charge in [-0.1, -0.05) is 62.4 Å². The summed E-state index contributed by atoms with van der Waals surface area (Å²) in [4.78, 5) is 58.8. The van der Waals surface area contributed by atoms with Crippen molar-refractivity contribution in [1.29, 1.82) is 0 Å². The maximum atomic E-state index is 13.6. The van der Waals surface area contributed by atoms with Crippen LogP contribution in [0.5, 0.6) is 0 Å². The summed E-state index contributed by atoms with van der Waals surface area (Å²) < 4.78 is 4.78. The molecule has 5 aliphatic rings. The smallest absolute Gasteiger partial charge is 0.407 e. The third kappa shape index (κ3) is 7.49. The lowest BCUT2D eigenvalue weighted by atomic mass is 9.75. The Morgan fingerprint density at radius 2 is 1.42 bits per heavy atom. The van der Waals surface area contributed by atoms with Crippen LogP contribution in [0.15, 0.2) is 89.6 Å². The number of alkyl carbamates (subject to hydrolysis) is 1. The van der Waals surface area contributed by atoms with Gasteiger partial charge in [0.2, 0.25) is 11.8 Å². The van der Waals surface area contributed by atoms with Crippen LogP contribution < -0.4 is 10.6 Å². The van der Waals surface area contributed by atoms with Gasteiger partial charge in [-0.3, -0.25) is 19.6 Å². The van der Waals surface area contributed by atoms with Crippen molar-refractivity contribution in [2.45, 2.75) is 77.4 Å². The van der Waals surface area contributed by atoms with Gasteiger partial charge in [-0.2, -0.15) is 0 Å². The number of benzene rings is 2. The first kappa shape index (κ1) is 36.5. The Bertz CT molecular complexity index is 2060. The Morgan fingerprint density at radius 3 is 2.05 bits per heavy atom. The van der Waals surface area contributed by atoms with Gasteiger partial charge in [0.15, 0.2) is 0 Å². The summed E-state index contributed by atoms with van der Waals surface area (Å²) in [6.07, 6.45) is 15.0. The van der Waals surface area contributed by atoms with E-state index in [1.54, 1.807) is 12.4 Å². The van der Waals surface area contributed by atoms with Crippen molar-refractivity contribution in [3.63, 3.8) is 0 Å². The van der Waals surface area contributed by atoms with E-state index in [2.05, 4.69) is 69.1 Å². The molecule has 2 N–H and O–H groups in total. The van der Waals surface area contributed by atoms with E-state index in [-0.39, 0.29) is 35.6 Å². The Morgan fingerprint density at radius 1 is 0.818 bits per heavy atom. The normalized spacial score (nSPS) is 24.7. The third-order valence-electron chi connectivity index (χ3n) is 12.4. The van der Waals surface area contributed by atoms with Gasteiger partial charge in [0.1, 0.15) is 12.4 Å². The van der Waals surface area contributed by atoms with Gasteiger partial charge < -0.3 is 20.3 Å². The molecule has 3 aliphatic heterocycles. The van der Waals surface area contributed by atoms with Gasteiger partial charge in [0.25, 0.3) is 0 Å². The van der Waals surface area contributed by atoms with Crippen LogP contribution in [0.2, 0.25) is 0 Å². The number of ether oxygens (including phenoxy) is 1. The second-order valence-corrected chi connectivity index (χ2v) is 16.0. The number of amides is 3. The molecule has 284 valence electrons. The summed E-state index contributed by atoms with van der Waals surface area (Å²) in [6, 6.07) is 16.6. The van der Waals surface area contributed by atoms with E-state index in [0.717, 1.165) is 76.9 Å². The minimum atomic E-state index is -0.647. The highest BCUT2D eigenvalue weighted by Gasteiger charge is 2.52.